The molecule has 2 aromatic heterocycles. The Bertz CT molecular complexity index is 889. The lowest BCUT2D eigenvalue weighted by Gasteiger charge is -2.20. The smallest absolute Gasteiger partial charge is 0.160 e. The zero-order valence-corrected chi connectivity index (χ0v) is 17.7. The van der Waals surface area contributed by atoms with Crippen molar-refractivity contribution in [3.8, 4) is 0 Å². The minimum Gasteiger partial charge on any atom is -0.381 e. The SMILES string of the molecule is CCc1ccc2c(NC(C)CC(C)N)c3c(C)nn(C)c3nc2c1.Cl.Cl. The summed E-state index contributed by atoms with van der Waals surface area (Å²) in [7, 11) is 1.95. The summed E-state index contributed by atoms with van der Waals surface area (Å²) in [5.74, 6) is 0. The van der Waals surface area contributed by atoms with Gasteiger partial charge in [0.25, 0.3) is 0 Å². The highest BCUT2D eigenvalue weighted by molar-refractivity contribution is 6.07. The summed E-state index contributed by atoms with van der Waals surface area (Å²) < 4.78 is 1.87. The first-order chi connectivity index (χ1) is 11.4. The normalized spacial score (nSPS) is 13.2. The van der Waals surface area contributed by atoms with Crippen LogP contribution in [0.4, 0.5) is 5.69 Å². The van der Waals surface area contributed by atoms with Crippen molar-refractivity contribution in [1.82, 2.24) is 14.8 Å². The molecule has 3 N–H and O–H groups in total. The molecule has 26 heavy (non-hydrogen) atoms. The molecule has 0 aliphatic carbocycles. The van der Waals surface area contributed by atoms with E-state index in [4.69, 9.17) is 10.7 Å². The Kier molecular flexibility index (Phi) is 7.69. The summed E-state index contributed by atoms with van der Waals surface area (Å²) in [6.45, 7) is 8.42. The molecule has 5 nitrogen and oxygen atoms in total. The van der Waals surface area contributed by atoms with Gasteiger partial charge < -0.3 is 11.1 Å². The van der Waals surface area contributed by atoms with Crippen molar-refractivity contribution in [3.63, 3.8) is 0 Å². The molecule has 0 fully saturated rings. The van der Waals surface area contributed by atoms with Crippen LogP contribution in [0.1, 0.15) is 38.4 Å². The fourth-order valence-electron chi connectivity index (χ4n) is 3.43. The van der Waals surface area contributed by atoms with E-state index in [0.29, 0.717) is 0 Å². The molecule has 1 aromatic carbocycles. The third-order valence-electron chi connectivity index (χ3n) is 4.52. The third-order valence-corrected chi connectivity index (χ3v) is 4.52. The monoisotopic (exact) mass is 397 g/mol. The van der Waals surface area contributed by atoms with Crippen LogP contribution in [0.15, 0.2) is 18.2 Å². The lowest BCUT2D eigenvalue weighted by atomic mass is 10.0. The van der Waals surface area contributed by atoms with Crippen LogP contribution in [-0.2, 0) is 13.5 Å². The molecule has 0 amide bonds. The average molecular weight is 398 g/mol. The maximum Gasteiger partial charge on any atom is 0.160 e. The van der Waals surface area contributed by atoms with Gasteiger partial charge in [0.1, 0.15) is 0 Å². The third kappa shape index (κ3) is 4.22. The number of nitrogens with two attached hydrogens (primary N) is 1. The zero-order chi connectivity index (χ0) is 17.4. The molecule has 7 heteroatoms. The van der Waals surface area contributed by atoms with E-state index >= 15 is 0 Å². The molecule has 0 spiro atoms. The average Bonchev–Trinajstić information content (AvgIpc) is 2.80. The van der Waals surface area contributed by atoms with Crippen molar-refractivity contribution in [3.05, 3.63) is 29.5 Å². The van der Waals surface area contributed by atoms with E-state index in [1.165, 1.54) is 5.56 Å². The second kappa shape index (κ2) is 8.89. The molecule has 0 aliphatic rings. The number of hydrogen-bond donors (Lipinski definition) is 2. The Hall–Kier alpha value is -1.56. The predicted octanol–water partition coefficient (Wildman–Crippen LogP) is 4.37. The maximum atomic E-state index is 5.98. The van der Waals surface area contributed by atoms with Gasteiger partial charge in [-0.1, -0.05) is 19.1 Å². The van der Waals surface area contributed by atoms with Crippen molar-refractivity contribution in [2.75, 3.05) is 5.32 Å². The summed E-state index contributed by atoms with van der Waals surface area (Å²) in [5, 5.41) is 10.5. The van der Waals surface area contributed by atoms with E-state index in [1.54, 1.807) is 0 Å². The summed E-state index contributed by atoms with van der Waals surface area (Å²) >= 11 is 0. The molecule has 3 rings (SSSR count). The van der Waals surface area contributed by atoms with E-state index in [1.807, 2.05) is 25.6 Å². The second-order valence-electron chi connectivity index (χ2n) is 6.86. The number of rotatable bonds is 5. The van der Waals surface area contributed by atoms with Crippen molar-refractivity contribution in [1.29, 1.82) is 0 Å². The van der Waals surface area contributed by atoms with Crippen LogP contribution in [0.25, 0.3) is 21.9 Å². The fraction of sp³-hybridized carbons (Fsp3) is 0.474. The Labute approximate surface area is 167 Å². The lowest BCUT2D eigenvalue weighted by molar-refractivity contribution is 0.606. The van der Waals surface area contributed by atoms with Crippen LogP contribution in [0.3, 0.4) is 0 Å². The Morgan fingerprint density at radius 2 is 1.92 bits per heavy atom. The summed E-state index contributed by atoms with van der Waals surface area (Å²) in [5.41, 5.74) is 11.3. The molecule has 144 valence electrons. The number of nitrogens with one attached hydrogen (secondary N) is 1. The van der Waals surface area contributed by atoms with Gasteiger partial charge in [0.2, 0.25) is 0 Å². The summed E-state index contributed by atoms with van der Waals surface area (Å²) in [6, 6.07) is 6.98. The predicted molar refractivity (Wildman–Crippen MR) is 116 cm³/mol. The highest BCUT2D eigenvalue weighted by Crippen LogP contribution is 2.34. The number of aryl methyl sites for hydroxylation is 3. The first-order valence-electron chi connectivity index (χ1n) is 8.68. The van der Waals surface area contributed by atoms with Crippen LogP contribution in [0, 0.1) is 6.92 Å². The quantitative estimate of drug-likeness (QED) is 0.670. The number of halogens is 2. The summed E-state index contributed by atoms with van der Waals surface area (Å²) in [4.78, 5) is 4.87. The molecule has 2 atom stereocenters. The first kappa shape index (κ1) is 22.5. The van der Waals surface area contributed by atoms with Crippen LogP contribution in [0.2, 0.25) is 0 Å². The highest BCUT2D eigenvalue weighted by Gasteiger charge is 2.17. The first-order valence-corrected chi connectivity index (χ1v) is 8.68. The minimum absolute atomic E-state index is 0. The topological polar surface area (TPSA) is 68.8 Å². The highest BCUT2D eigenvalue weighted by atomic mass is 35.5. The second-order valence-corrected chi connectivity index (χ2v) is 6.86. The van der Waals surface area contributed by atoms with E-state index < -0.39 is 0 Å². The maximum absolute atomic E-state index is 5.98. The van der Waals surface area contributed by atoms with Crippen LogP contribution < -0.4 is 11.1 Å². The molecular formula is C19H29Cl2N5. The molecule has 0 saturated heterocycles. The number of hydrogen-bond acceptors (Lipinski definition) is 4. The minimum atomic E-state index is 0. The van der Waals surface area contributed by atoms with Gasteiger partial charge in [0, 0.05) is 24.5 Å². The number of anilines is 1. The number of benzene rings is 1. The van der Waals surface area contributed by atoms with Crippen LogP contribution in [-0.4, -0.2) is 26.8 Å². The molecule has 3 aromatic rings. The summed E-state index contributed by atoms with van der Waals surface area (Å²) in [6.07, 6.45) is 1.92. The standard InChI is InChI=1S/C19H27N5.2ClH/c1-6-14-7-8-15-16(10-14)22-19-17(13(4)23-24(19)5)18(15)21-12(3)9-11(2)20;;/h7-8,10-12H,6,9,20H2,1-5H3,(H,21,22);2*1H. The Morgan fingerprint density at radius 1 is 1.23 bits per heavy atom. The van der Waals surface area contributed by atoms with Crippen molar-refractivity contribution >= 4 is 52.4 Å². The molecule has 0 saturated carbocycles. The van der Waals surface area contributed by atoms with Crippen molar-refractivity contribution < 1.29 is 0 Å². The molecular weight excluding hydrogens is 369 g/mol. The van der Waals surface area contributed by atoms with Crippen LogP contribution in [0.5, 0.6) is 0 Å². The van der Waals surface area contributed by atoms with Gasteiger partial charge in [-0.3, -0.25) is 4.68 Å². The van der Waals surface area contributed by atoms with E-state index in [-0.39, 0.29) is 36.9 Å². The van der Waals surface area contributed by atoms with Crippen molar-refractivity contribution in [2.24, 2.45) is 12.8 Å². The lowest BCUT2D eigenvalue weighted by Crippen LogP contribution is -2.26. The fourth-order valence-corrected chi connectivity index (χ4v) is 3.43. The number of aromatic nitrogens is 3. The van der Waals surface area contributed by atoms with Gasteiger partial charge in [-0.15, -0.1) is 24.8 Å². The van der Waals surface area contributed by atoms with Gasteiger partial charge in [-0.05, 0) is 45.2 Å². The number of pyridine rings is 1. The largest absolute Gasteiger partial charge is 0.381 e. The molecule has 0 aliphatic heterocycles. The molecule has 2 heterocycles. The van der Waals surface area contributed by atoms with Gasteiger partial charge in [-0.2, -0.15) is 5.10 Å². The van der Waals surface area contributed by atoms with Gasteiger partial charge in [-0.25, -0.2) is 4.98 Å². The molecule has 2 unspecified atom stereocenters. The van der Waals surface area contributed by atoms with Gasteiger partial charge in [0.15, 0.2) is 5.65 Å². The molecule has 0 radical (unpaired) electrons. The number of fused-ring (bicyclic) bond motifs is 2. The Morgan fingerprint density at radius 3 is 2.54 bits per heavy atom. The van der Waals surface area contributed by atoms with Crippen LogP contribution >= 0.6 is 24.8 Å². The Balaban J connectivity index is 0.00000169. The van der Waals surface area contributed by atoms with E-state index in [9.17, 15) is 0 Å². The molecule has 0 bridgehead atoms. The van der Waals surface area contributed by atoms with E-state index in [0.717, 1.165) is 46.2 Å². The van der Waals surface area contributed by atoms with Crippen molar-refractivity contribution in [2.45, 2.75) is 52.6 Å². The van der Waals surface area contributed by atoms with Gasteiger partial charge in [0.05, 0.1) is 22.3 Å². The zero-order valence-electron chi connectivity index (χ0n) is 16.0. The van der Waals surface area contributed by atoms with Gasteiger partial charge >= 0.3 is 0 Å². The number of nitrogens with zero attached hydrogens (tertiary/aromatic N) is 3. The van der Waals surface area contributed by atoms with E-state index in [2.05, 4.69) is 42.5 Å².